The molecule has 0 amide bonds. The van der Waals surface area contributed by atoms with Gasteiger partial charge in [-0.1, -0.05) is 44.0 Å². The molecule has 0 aliphatic rings. The van der Waals surface area contributed by atoms with Gasteiger partial charge in [-0.2, -0.15) is 0 Å². The first-order chi connectivity index (χ1) is 10.0. The van der Waals surface area contributed by atoms with E-state index in [1.807, 2.05) is 12.1 Å². The molecular weight excluding hydrogens is 394 g/mol. The standard InChI is InChI=1S/C17H19Br2NO/c1-11-9-16(19)14(10-15(11)18)17(20)8-5-12-3-6-13(21-2)7-4-12/h3-4,6-7,9-10,17H,5,8,20H2,1-2H3. The molecule has 0 spiro atoms. The van der Waals surface area contributed by atoms with E-state index < -0.39 is 0 Å². The van der Waals surface area contributed by atoms with Crippen LogP contribution in [-0.2, 0) is 6.42 Å². The normalized spacial score (nSPS) is 12.2. The van der Waals surface area contributed by atoms with E-state index in [0.717, 1.165) is 33.1 Å². The zero-order chi connectivity index (χ0) is 15.4. The lowest BCUT2D eigenvalue weighted by Crippen LogP contribution is -2.12. The first-order valence-corrected chi connectivity index (χ1v) is 8.44. The molecule has 0 bridgehead atoms. The van der Waals surface area contributed by atoms with Gasteiger partial charge >= 0.3 is 0 Å². The Labute approximate surface area is 143 Å². The Bertz CT molecular complexity index is 611. The van der Waals surface area contributed by atoms with Crippen LogP contribution in [0.1, 0.15) is 29.2 Å². The third-order valence-corrected chi connectivity index (χ3v) is 5.12. The smallest absolute Gasteiger partial charge is 0.118 e. The van der Waals surface area contributed by atoms with Gasteiger partial charge in [-0.15, -0.1) is 0 Å². The lowest BCUT2D eigenvalue weighted by molar-refractivity contribution is 0.414. The second kappa shape index (κ2) is 7.43. The van der Waals surface area contributed by atoms with E-state index in [1.54, 1.807) is 7.11 Å². The van der Waals surface area contributed by atoms with E-state index in [1.165, 1.54) is 11.1 Å². The predicted molar refractivity (Wildman–Crippen MR) is 94.8 cm³/mol. The molecule has 2 aromatic rings. The quantitative estimate of drug-likeness (QED) is 0.735. The molecule has 1 atom stereocenters. The first kappa shape index (κ1) is 16.5. The van der Waals surface area contributed by atoms with E-state index in [9.17, 15) is 0 Å². The summed E-state index contributed by atoms with van der Waals surface area (Å²) in [5.74, 6) is 0.883. The average Bonchev–Trinajstić information content (AvgIpc) is 2.49. The predicted octanol–water partition coefficient (Wildman–Crippen LogP) is 5.16. The van der Waals surface area contributed by atoms with Crippen molar-refractivity contribution in [1.29, 1.82) is 0 Å². The summed E-state index contributed by atoms with van der Waals surface area (Å²) in [4.78, 5) is 0. The SMILES string of the molecule is COc1ccc(CCC(N)c2cc(Br)c(C)cc2Br)cc1. The minimum Gasteiger partial charge on any atom is -0.497 e. The molecule has 0 saturated carbocycles. The summed E-state index contributed by atoms with van der Waals surface area (Å²) < 4.78 is 7.34. The third-order valence-electron chi connectivity index (χ3n) is 3.58. The molecule has 1 unspecified atom stereocenters. The number of ether oxygens (including phenoxy) is 1. The largest absolute Gasteiger partial charge is 0.497 e. The number of aryl methyl sites for hydroxylation is 2. The van der Waals surface area contributed by atoms with Gasteiger partial charge in [-0.05, 0) is 60.7 Å². The number of methoxy groups -OCH3 is 1. The Kier molecular flexibility index (Phi) is 5.85. The lowest BCUT2D eigenvalue weighted by atomic mass is 9.99. The number of rotatable bonds is 5. The van der Waals surface area contributed by atoms with Crippen LogP contribution < -0.4 is 10.5 Å². The number of halogens is 2. The van der Waals surface area contributed by atoms with Crippen molar-refractivity contribution < 1.29 is 4.74 Å². The molecule has 112 valence electrons. The van der Waals surface area contributed by atoms with Crippen LogP contribution in [-0.4, -0.2) is 7.11 Å². The van der Waals surface area contributed by atoms with Crippen molar-refractivity contribution in [3.05, 3.63) is 62.0 Å². The van der Waals surface area contributed by atoms with Gasteiger partial charge in [0, 0.05) is 15.0 Å². The van der Waals surface area contributed by atoms with Gasteiger partial charge in [0.25, 0.3) is 0 Å². The highest BCUT2D eigenvalue weighted by molar-refractivity contribution is 9.11. The summed E-state index contributed by atoms with van der Waals surface area (Å²) >= 11 is 7.18. The van der Waals surface area contributed by atoms with Crippen LogP contribution in [0.15, 0.2) is 45.3 Å². The molecule has 2 nitrogen and oxygen atoms in total. The van der Waals surface area contributed by atoms with Gasteiger partial charge in [0.2, 0.25) is 0 Å². The minimum absolute atomic E-state index is 0.0124. The van der Waals surface area contributed by atoms with Crippen LogP contribution in [0, 0.1) is 6.92 Å². The number of benzene rings is 2. The molecule has 0 heterocycles. The topological polar surface area (TPSA) is 35.2 Å². The van der Waals surface area contributed by atoms with E-state index in [2.05, 4.69) is 63.0 Å². The summed E-state index contributed by atoms with van der Waals surface area (Å²) in [5, 5.41) is 0. The van der Waals surface area contributed by atoms with E-state index in [4.69, 9.17) is 10.5 Å². The van der Waals surface area contributed by atoms with Gasteiger partial charge in [0.05, 0.1) is 7.11 Å². The fraction of sp³-hybridized carbons (Fsp3) is 0.294. The zero-order valence-electron chi connectivity index (χ0n) is 12.2. The summed E-state index contributed by atoms with van der Waals surface area (Å²) in [6, 6.07) is 12.4. The number of hydrogen-bond acceptors (Lipinski definition) is 2. The van der Waals surface area contributed by atoms with Crippen LogP contribution in [0.2, 0.25) is 0 Å². The van der Waals surface area contributed by atoms with Crippen LogP contribution in [0.25, 0.3) is 0 Å². The Morgan fingerprint density at radius 3 is 2.38 bits per heavy atom. The van der Waals surface area contributed by atoms with Gasteiger partial charge in [-0.3, -0.25) is 0 Å². The van der Waals surface area contributed by atoms with E-state index in [0.29, 0.717) is 0 Å². The van der Waals surface area contributed by atoms with Gasteiger partial charge in [0.15, 0.2) is 0 Å². The highest BCUT2D eigenvalue weighted by Crippen LogP contribution is 2.30. The molecule has 2 N–H and O–H groups in total. The van der Waals surface area contributed by atoms with Crippen LogP contribution >= 0.6 is 31.9 Å². The third kappa shape index (κ3) is 4.31. The van der Waals surface area contributed by atoms with Crippen LogP contribution in [0.4, 0.5) is 0 Å². The first-order valence-electron chi connectivity index (χ1n) is 6.85. The number of hydrogen-bond donors (Lipinski definition) is 1. The average molecular weight is 413 g/mol. The lowest BCUT2D eigenvalue weighted by Gasteiger charge is -2.15. The van der Waals surface area contributed by atoms with Crippen molar-refractivity contribution in [2.45, 2.75) is 25.8 Å². The summed E-state index contributed by atoms with van der Waals surface area (Å²) in [7, 11) is 1.68. The molecule has 2 rings (SSSR count). The molecule has 21 heavy (non-hydrogen) atoms. The second-order valence-electron chi connectivity index (χ2n) is 5.12. The fourth-order valence-electron chi connectivity index (χ4n) is 2.22. The molecule has 0 aliphatic carbocycles. The maximum absolute atomic E-state index is 6.34. The van der Waals surface area contributed by atoms with Crippen molar-refractivity contribution in [2.24, 2.45) is 5.73 Å². The molecule has 0 radical (unpaired) electrons. The van der Waals surface area contributed by atoms with Crippen LogP contribution in [0.3, 0.4) is 0 Å². The maximum Gasteiger partial charge on any atom is 0.118 e. The van der Waals surface area contributed by atoms with Crippen molar-refractivity contribution in [3.8, 4) is 5.75 Å². The molecule has 0 fully saturated rings. The molecule has 2 aromatic carbocycles. The summed E-state index contributed by atoms with van der Waals surface area (Å²) in [5.41, 5.74) is 9.96. The highest BCUT2D eigenvalue weighted by Gasteiger charge is 2.12. The van der Waals surface area contributed by atoms with E-state index >= 15 is 0 Å². The van der Waals surface area contributed by atoms with Crippen molar-refractivity contribution >= 4 is 31.9 Å². The minimum atomic E-state index is 0.0124. The van der Waals surface area contributed by atoms with Gasteiger partial charge < -0.3 is 10.5 Å². The van der Waals surface area contributed by atoms with Crippen LogP contribution in [0.5, 0.6) is 5.75 Å². The summed E-state index contributed by atoms with van der Waals surface area (Å²) in [6.45, 7) is 2.07. The number of nitrogens with two attached hydrogens (primary N) is 1. The van der Waals surface area contributed by atoms with Gasteiger partial charge in [-0.25, -0.2) is 0 Å². The second-order valence-corrected chi connectivity index (χ2v) is 6.82. The summed E-state index contributed by atoms with van der Waals surface area (Å²) in [6.07, 6.45) is 1.85. The molecule has 0 aromatic heterocycles. The fourth-order valence-corrected chi connectivity index (χ4v) is 3.33. The Hall–Kier alpha value is -0.840. The molecule has 0 saturated heterocycles. The Balaban J connectivity index is 2.04. The van der Waals surface area contributed by atoms with Crippen molar-refractivity contribution in [1.82, 2.24) is 0 Å². The van der Waals surface area contributed by atoms with Gasteiger partial charge in [0.1, 0.15) is 5.75 Å². The van der Waals surface area contributed by atoms with Crippen molar-refractivity contribution in [2.75, 3.05) is 7.11 Å². The van der Waals surface area contributed by atoms with E-state index in [-0.39, 0.29) is 6.04 Å². The Morgan fingerprint density at radius 2 is 1.76 bits per heavy atom. The zero-order valence-corrected chi connectivity index (χ0v) is 15.4. The molecular formula is C17H19Br2NO. The molecule has 0 aliphatic heterocycles. The monoisotopic (exact) mass is 411 g/mol. The maximum atomic E-state index is 6.34. The Morgan fingerprint density at radius 1 is 1.10 bits per heavy atom. The highest BCUT2D eigenvalue weighted by atomic mass is 79.9. The molecule has 4 heteroatoms. The van der Waals surface area contributed by atoms with Crippen molar-refractivity contribution in [3.63, 3.8) is 0 Å².